The summed E-state index contributed by atoms with van der Waals surface area (Å²) in [5.41, 5.74) is 1.47. The van der Waals surface area contributed by atoms with Crippen LogP contribution in [0.1, 0.15) is 59.1 Å². The summed E-state index contributed by atoms with van der Waals surface area (Å²) < 4.78 is 5.24. The van der Waals surface area contributed by atoms with Crippen LogP contribution in [0.15, 0.2) is 18.2 Å². The van der Waals surface area contributed by atoms with E-state index >= 15 is 0 Å². The van der Waals surface area contributed by atoms with Gasteiger partial charge in [-0.2, -0.15) is 0 Å². The second-order valence-corrected chi connectivity index (χ2v) is 7.30. The van der Waals surface area contributed by atoms with E-state index in [0.29, 0.717) is 11.3 Å². The largest absolute Gasteiger partial charge is 0.497 e. The zero-order valence-corrected chi connectivity index (χ0v) is 15.1. The predicted octanol–water partition coefficient (Wildman–Crippen LogP) is 5.46. The van der Waals surface area contributed by atoms with Crippen molar-refractivity contribution in [3.8, 4) is 5.75 Å². The molecule has 3 heteroatoms. The molecule has 0 aromatic heterocycles. The van der Waals surface area contributed by atoms with Crippen LogP contribution in [0.4, 0.5) is 0 Å². The summed E-state index contributed by atoms with van der Waals surface area (Å²) in [7, 11) is 1.67. The first kappa shape index (κ1) is 18.3. The van der Waals surface area contributed by atoms with Crippen LogP contribution in [0.25, 0.3) is 0 Å². The second kappa shape index (κ2) is 8.05. The molecule has 0 amide bonds. The van der Waals surface area contributed by atoms with E-state index < -0.39 is 0 Å². The Bertz CT molecular complexity index is 439. The highest BCUT2D eigenvalue weighted by Gasteiger charge is 2.25. The van der Waals surface area contributed by atoms with E-state index in [2.05, 4.69) is 46.0 Å². The standard InChI is InChI=1S/C18H30ClNO/c1-7-10-20-17(11-13(2)18(3,4)5)15-9-8-14(21-6)12-16(15)19/h8-9,12-13,17,20H,7,10-11H2,1-6H3. The lowest BCUT2D eigenvalue weighted by molar-refractivity contribution is 0.223. The van der Waals surface area contributed by atoms with E-state index in [-0.39, 0.29) is 6.04 Å². The second-order valence-electron chi connectivity index (χ2n) is 6.90. The minimum absolute atomic E-state index is 0.289. The van der Waals surface area contributed by atoms with Crippen molar-refractivity contribution in [2.45, 2.75) is 53.5 Å². The van der Waals surface area contributed by atoms with Gasteiger partial charge in [0, 0.05) is 11.1 Å². The molecule has 1 N–H and O–H groups in total. The van der Waals surface area contributed by atoms with Crippen molar-refractivity contribution >= 4 is 11.6 Å². The van der Waals surface area contributed by atoms with Gasteiger partial charge in [0.1, 0.15) is 5.75 Å². The Morgan fingerprint density at radius 2 is 1.95 bits per heavy atom. The molecule has 2 atom stereocenters. The maximum Gasteiger partial charge on any atom is 0.120 e. The number of hydrogen-bond acceptors (Lipinski definition) is 2. The summed E-state index contributed by atoms with van der Waals surface area (Å²) in [5.74, 6) is 1.41. The number of nitrogens with one attached hydrogen (secondary N) is 1. The monoisotopic (exact) mass is 311 g/mol. The van der Waals surface area contributed by atoms with Gasteiger partial charge in [-0.05, 0) is 48.4 Å². The topological polar surface area (TPSA) is 21.3 Å². The number of ether oxygens (including phenoxy) is 1. The first-order valence-corrected chi connectivity index (χ1v) is 8.24. The first-order valence-electron chi connectivity index (χ1n) is 7.86. The molecular formula is C18H30ClNO. The lowest BCUT2D eigenvalue weighted by Gasteiger charge is -2.32. The van der Waals surface area contributed by atoms with Gasteiger partial charge in [-0.15, -0.1) is 0 Å². The fourth-order valence-corrected chi connectivity index (χ4v) is 2.57. The van der Waals surface area contributed by atoms with Crippen molar-refractivity contribution in [3.05, 3.63) is 28.8 Å². The van der Waals surface area contributed by atoms with Crippen LogP contribution >= 0.6 is 11.6 Å². The quantitative estimate of drug-likeness (QED) is 0.721. The van der Waals surface area contributed by atoms with E-state index in [1.54, 1.807) is 7.11 Å². The average Bonchev–Trinajstić information content (AvgIpc) is 2.42. The Labute approximate surface area is 135 Å². The fraction of sp³-hybridized carbons (Fsp3) is 0.667. The van der Waals surface area contributed by atoms with Crippen LogP contribution < -0.4 is 10.1 Å². The summed E-state index contributed by atoms with van der Waals surface area (Å²) in [5, 5.41) is 4.42. The Hall–Kier alpha value is -0.730. The molecule has 1 aromatic carbocycles. The summed E-state index contributed by atoms with van der Waals surface area (Å²) in [6.07, 6.45) is 2.20. The van der Waals surface area contributed by atoms with Gasteiger partial charge in [0.2, 0.25) is 0 Å². The van der Waals surface area contributed by atoms with E-state index in [1.165, 1.54) is 5.56 Å². The highest BCUT2D eigenvalue weighted by Crippen LogP contribution is 2.36. The highest BCUT2D eigenvalue weighted by atomic mass is 35.5. The molecule has 0 radical (unpaired) electrons. The Balaban J connectivity index is 2.96. The summed E-state index contributed by atoms with van der Waals surface area (Å²) >= 11 is 6.46. The van der Waals surface area contributed by atoms with Crippen LogP contribution in [0.3, 0.4) is 0 Å². The van der Waals surface area contributed by atoms with Gasteiger partial charge >= 0.3 is 0 Å². The number of halogens is 1. The predicted molar refractivity (Wildman–Crippen MR) is 92.3 cm³/mol. The normalized spacial score (nSPS) is 14.8. The first-order chi connectivity index (χ1) is 9.79. The Morgan fingerprint density at radius 1 is 1.29 bits per heavy atom. The van der Waals surface area contributed by atoms with Crippen molar-refractivity contribution in [2.75, 3.05) is 13.7 Å². The van der Waals surface area contributed by atoms with E-state index in [0.717, 1.165) is 30.2 Å². The van der Waals surface area contributed by atoms with E-state index in [9.17, 15) is 0 Å². The summed E-state index contributed by atoms with van der Waals surface area (Å²) in [6, 6.07) is 6.27. The Kier molecular flexibility index (Phi) is 7.02. The zero-order valence-electron chi connectivity index (χ0n) is 14.3. The van der Waals surface area contributed by atoms with Gasteiger partial charge < -0.3 is 10.1 Å². The maximum absolute atomic E-state index is 6.46. The molecule has 0 aliphatic rings. The smallest absolute Gasteiger partial charge is 0.120 e. The molecule has 2 nitrogen and oxygen atoms in total. The molecule has 0 bridgehead atoms. The zero-order chi connectivity index (χ0) is 16.0. The maximum atomic E-state index is 6.46. The van der Waals surface area contributed by atoms with Gasteiger partial charge in [0.05, 0.1) is 7.11 Å². The molecule has 2 unspecified atom stereocenters. The van der Waals surface area contributed by atoms with Crippen LogP contribution in [0.2, 0.25) is 5.02 Å². The van der Waals surface area contributed by atoms with Crippen molar-refractivity contribution in [1.82, 2.24) is 5.32 Å². The third kappa shape index (κ3) is 5.52. The van der Waals surface area contributed by atoms with E-state index in [4.69, 9.17) is 16.3 Å². The van der Waals surface area contributed by atoms with Gasteiger partial charge in [-0.25, -0.2) is 0 Å². The van der Waals surface area contributed by atoms with Crippen LogP contribution in [0, 0.1) is 11.3 Å². The minimum atomic E-state index is 0.289. The Morgan fingerprint density at radius 3 is 2.43 bits per heavy atom. The molecule has 0 heterocycles. The molecule has 0 saturated heterocycles. The van der Waals surface area contributed by atoms with E-state index in [1.807, 2.05) is 12.1 Å². The lowest BCUT2D eigenvalue weighted by Crippen LogP contribution is -2.28. The number of rotatable bonds is 7. The lowest BCUT2D eigenvalue weighted by atomic mass is 9.77. The molecule has 0 aliphatic carbocycles. The molecular weight excluding hydrogens is 282 g/mol. The summed E-state index contributed by atoms with van der Waals surface area (Å²) in [4.78, 5) is 0. The number of benzene rings is 1. The van der Waals surface area contributed by atoms with Gasteiger partial charge in [-0.3, -0.25) is 0 Å². The third-order valence-electron chi connectivity index (χ3n) is 4.29. The van der Waals surface area contributed by atoms with Crippen molar-refractivity contribution in [3.63, 3.8) is 0 Å². The third-order valence-corrected chi connectivity index (χ3v) is 4.62. The SMILES string of the molecule is CCCNC(CC(C)C(C)(C)C)c1ccc(OC)cc1Cl. The van der Waals surface area contributed by atoms with Crippen LogP contribution in [-0.2, 0) is 0 Å². The van der Waals surface area contributed by atoms with Crippen molar-refractivity contribution in [1.29, 1.82) is 0 Å². The summed E-state index contributed by atoms with van der Waals surface area (Å²) in [6.45, 7) is 12.4. The van der Waals surface area contributed by atoms with Crippen molar-refractivity contribution in [2.24, 2.45) is 11.3 Å². The fourth-order valence-electron chi connectivity index (χ4n) is 2.26. The molecule has 21 heavy (non-hydrogen) atoms. The molecule has 120 valence electrons. The van der Waals surface area contributed by atoms with Gasteiger partial charge in [0.25, 0.3) is 0 Å². The molecule has 1 aromatic rings. The van der Waals surface area contributed by atoms with Crippen molar-refractivity contribution < 1.29 is 4.74 Å². The van der Waals surface area contributed by atoms with Gasteiger partial charge in [0.15, 0.2) is 0 Å². The molecule has 0 saturated carbocycles. The number of hydrogen-bond donors (Lipinski definition) is 1. The average molecular weight is 312 g/mol. The molecule has 0 aliphatic heterocycles. The van der Waals surface area contributed by atoms with Crippen LogP contribution in [-0.4, -0.2) is 13.7 Å². The highest BCUT2D eigenvalue weighted by molar-refractivity contribution is 6.31. The number of methoxy groups -OCH3 is 1. The molecule has 0 spiro atoms. The minimum Gasteiger partial charge on any atom is -0.497 e. The van der Waals surface area contributed by atoms with Crippen LogP contribution in [0.5, 0.6) is 5.75 Å². The molecule has 0 fully saturated rings. The van der Waals surface area contributed by atoms with Gasteiger partial charge in [-0.1, -0.05) is 52.3 Å². The molecule has 1 rings (SSSR count).